The molecular weight excluding hydrogens is 242 g/mol. The summed E-state index contributed by atoms with van der Waals surface area (Å²) < 4.78 is 0. The number of hydrogen-bond acceptors (Lipinski definition) is 3. The highest BCUT2D eigenvalue weighted by Gasteiger charge is 2.22. The van der Waals surface area contributed by atoms with Crippen molar-refractivity contribution in [2.24, 2.45) is 11.7 Å². The summed E-state index contributed by atoms with van der Waals surface area (Å²) in [5.41, 5.74) is 7.79. The van der Waals surface area contributed by atoms with Gasteiger partial charge in [-0.25, -0.2) is 4.98 Å². The molecule has 2 unspecified atom stereocenters. The van der Waals surface area contributed by atoms with E-state index in [1.807, 2.05) is 19.2 Å². The Balaban J connectivity index is 2.23. The normalized spacial score (nSPS) is 23.7. The molecule has 1 aromatic rings. The van der Waals surface area contributed by atoms with Crippen molar-refractivity contribution < 1.29 is 0 Å². The molecule has 0 saturated heterocycles. The maximum Gasteiger partial charge on any atom is 0.136 e. The second-order valence-corrected chi connectivity index (χ2v) is 5.67. The van der Waals surface area contributed by atoms with Crippen LogP contribution in [0.3, 0.4) is 0 Å². The fraction of sp³-hybridized carbons (Fsp3) is 0.571. The molecule has 0 radical (unpaired) electrons. The molecule has 2 atom stereocenters. The molecule has 1 fully saturated rings. The van der Waals surface area contributed by atoms with Crippen molar-refractivity contribution in [3.05, 3.63) is 23.4 Å². The third-order valence-electron chi connectivity index (χ3n) is 3.84. The Morgan fingerprint density at radius 2 is 2.17 bits per heavy atom. The Morgan fingerprint density at radius 3 is 2.83 bits per heavy atom. The molecule has 0 amide bonds. The molecule has 3 N–H and O–H groups in total. The van der Waals surface area contributed by atoms with Gasteiger partial charge in [-0.15, -0.1) is 0 Å². The molecule has 1 heterocycles. The van der Waals surface area contributed by atoms with Gasteiger partial charge in [0.25, 0.3) is 0 Å². The Morgan fingerprint density at radius 1 is 1.44 bits per heavy atom. The number of nitrogens with one attached hydrogen (secondary N) is 1. The molecule has 18 heavy (non-hydrogen) atoms. The van der Waals surface area contributed by atoms with Gasteiger partial charge in [0.1, 0.15) is 10.8 Å². The van der Waals surface area contributed by atoms with E-state index >= 15 is 0 Å². The first-order chi connectivity index (χ1) is 8.59. The lowest BCUT2D eigenvalue weighted by Crippen LogP contribution is -2.32. The molecular formula is C14H21N3S. The fourth-order valence-electron chi connectivity index (χ4n) is 2.69. The van der Waals surface area contributed by atoms with Crippen LogP contribution >= 0.6 is 12.2 Å². The van der Waals surface area contributed by atoms with Crippen molar-refractivity contribution in [1.29, 1.82) is 0 Å². The Labute approximate surface area is 114 Å². The third kappa shape index (κ3) is 2.80. The summed E-state index contributed by atoms with van der Waals surface area (Å²) in [4.78, 5) is 4.83. The molecule has 1 aromatic heterocycles. The molecule has 0 bridgehead atoms. The number of aromatic nitrogens is 1. The van der Waals surface area contributed by atoms with Crippen LogP contribution in [0.1, 0.15) is 43.7 Å². The molecule has 1 aliphatic carbocycles. The van der Waals surface area contributed by atoms with Crippen LogP contribution in [0, 0.1) is 12.8 Å². The zero-order chi connectivity index (χ0) is 13.1. The number of rotatable bonds is 3. The van der Waals surface area contributed by atoms with Gasteiger partial charge in [0.15, 0.2) is 0 Å². The highest BCUT2D eigenvalue weighted by atomic mass is 32.1. The smallest absolute Gasteiger partial charge is 0.136 e. The van der Waals surface area contributed by atoms with Gasteiger partial charge in [-0.1, -0.05) is 32.0 Å². The molecule has 98 valence electrons. The molecule has 1 saturated carbocycles. The summed E-state index contributed by atoms with van der Waals surface area (Å²) in [5.74, 6) is 1.53. The van der Waals surface area contributed by atoms with Crippen LogP contribution in [-0.2, 0) is 0 Å². The second-order valence-electron chi connectivity index (χ2n) is 5.23. The van der Waals surface area contributed by atoms with Crippen LogP contribution in [0.15, 0.2) is 12.3 Å². The average Bonchev–Trinajstić information content (AvgIpc) is 2.31. The Bertz CT molecular complexity index is 445. The van der Waals surface area contributed by atoms with E-state index < -0.39 is 0 Å². The number of pyridine rings is 1. The minimum atomic E-state index is 0.423. The van der Waals surface area contributed by atoms with Gasteiger partial charge in [-0.2, -0.15) is 0 Å². The van der Waals surface area contributed by atoms with E-state index in [-0.39, 0.29) is 0 Å². The predicted molar refractivity (Wildman–Crippen MR) is 79.9 cm³/mol. The maximum atomic E-state index is 5.81. The number of anilines is 1. The molecule has 1 aliphatic rings. The minimum Gasteiger partial charge on any atom is -0.389 e. The number of aryl methyl sites for hydroxylation is 1. The molecule has 3 nitrogen and oxygen atoms in total. The monoisotopic (exact) mass is 263 g/mol. The molecule has 0 aliphatic heterocycles. The lowest BCUT2D eigenvalue weighted by molar-refractivity contribution is 0.349. The van der Waals surface area contributed by atoms with Gasteiger partial charge in [0.05, 0.1) is 5.56 Å². The first kappa shape index (κ1) is 13.3. The summed E-state index contributed by atoms with van der Waals surface area (Å²) >= 11 is 5.13. The van der Waals surface area contributed by atoms with Crippen LogP contribution in [-0.4, -0.2) is 16.0 Å². The molecule has 0 spiro atoms. The van der Waals surface area contributed by atoms with E-state index in [9.17, 15) is 0 Å². The topological polar surface area (TPSA) is 50.9 Å². The largest absolute Gasteiger partial charge is 0.389 e. The van der Waals surface area contributed by atoms with E-state index in [0.29, 0.717) is 16.9 Å². The maximum absolute atomic E-state index is 5.81. The van der Waals surface area contributed by atoms with Crippen LogP contribution < -0.4 is 11.1 Å². The van der Waals surface area contributed by atoms with Gasteiger partial charge in [-0.3, -0.25) is 0 Å². The minimum absolute atomic E-state index is 0.423. The van der Waals surface area contributed by atoms with Gasteiger partial charge < -0.3 is 11.1 Å². The number of thiocarbonyl (C=S) groups is 1. The number of hydrogen-bond donors (Lipinski definition) is 2. The van der Waals surface area contributed by atoms with Crippen molar-refractivity contribution in [2.75, 3.05) is 5.32 Å². The number of nitrogens with zero attached hydrogens (tertiary/aromatic N) is 1. The Hall–Kier alpha value is -1.16. The van der Waals surface area contributed by atoms with E-state index in [4.69, 9.17) is 18.0 Å². The van der Waals surface area contributed by atoms with Crippen LogP contribution in [0.2, 0.25) is 0 Å². The quantitative estimate of drug-likeness (QED) is 0.823. The van der Waals surface area contributed by atoms with Crippen LogP contribution in [0.25, 0.3) is 0 Å². The fourth-order valence-corrected chi connectivity index (χ4v) is 2.94. The highest BCUT2D eigenvalue weighted by molar-refractivity contribution is 7.80. The van der Waals surface area contributed by atoms with Crippen molar-refractivity contribution in [3.63, 3.8) is 0 Å². The highest BCUT2D eigenvalue weighted by Crippen LogP contribution is 2.27. The van der Waals surface area contributed by atoms with Gasteiger partial charge in [0, 0.05) is 12.2 Å². The summed E-state index contributed by atoms with van der Waals surface area (Å²) in [6.45, 7) is 4.32. The zero-order valence-electron chi connectivity index (χ0n) is 11.1. The lowest BCUT2D eigenvalue weighted by atomic mass is 9.86. The summed E-state index contributed by atoms with van der Waals surface area (Å²) in [7, 11) is 0. The average molecular weight is 263 g/mol. The van der Waals surface area contributed by atoms with Crippen molar-refractivity contribution in [3.8, 4) is 0 Å². The van der Waals surface area contributed by atoms with Crippen molar-refractivity contribution in [1.82, 2.24) is 4.98 Å². The van der Waals surface area contributed by atoms with E-state index in [2.05, 4.69) is 17.2 Å². The van der Waals surface area contributed by atoms with E-state index in [1.165, 1.54) is 25.7 Å². The second kappa shape index (κ2) is 5.65. The first-order valence-corrected chi connectivity index (χ1v) is 7.02. The summed E-state index contributed by atoms with van der Waals surface area (Å²) in [5, 5.41) is 3.54. The predicted octanol–water partition coefficient (Wildman–Crippen LogP) is 3.01. The van der Waals surface area contributed by atoms with Crippen LogP contribution in [0.4, 0.5) is 5.82 Å². The van der Waals surface area contributed by atoms with Gasteiger partial charge >= 0.3 is 0 Å². The lowest BCUT2D eigenvalue weighted by Gasteiger charge is -2.30. The van der Waals surface area contributed by atoms with Crippen molar-refractivity contribution >= 4 is 23.0 Å². The SMILES string of the molecule is Cc1ccnc(NC2CCCCC2C)c1C(N)=S. The number of nitrogens with two attached hydrogens (primary N) is 1. The molecule has 2 rings (SSSR count). The molecule has 4 heteroatoms. The van der Waals surface area contributed by atoms with E-state index in [1.54, 1.807) is 0 Å². The first-order valence-electron chi connectivity index (χ1n) is 6.61. The molecule has 0 aromatic carbocycles. The van der Waals surface area contributed by atoms with Gasteiger partial charge in [0.2, 0.25) is 0 Å². The standard InChI is InChI=1S/C14H21N3S/c1-9-5-3-4-6-11(9)17-14-12(13(15)18)10(2)7-8-16-14/h7-9,11H,3-6H2,1-2H3,(H2,15,18)(H,16,17). The van der Waals surface area contributed by atoms with Gasteiger partial charge in [-0.05, 0) is 37.3 Å². The van der Waals surface area contributed by atoms with Crippen LogP contribution in [0.5, 0.6) is 0 Å². The Kier molecular flexibility index (Phi) is 4.17. The third-order valence-corrected chi connectivity index (χ3v) is 4.04. The zero-order valence-corrected chi connectivity index (χ0v) is 11.9. The van der Waals surface area contributed by atoms with Crippen molar-refractivity contribution in [2.45, 2.75) is 45.6 Å². The summed E-state index contributed by atoms with van der Waals surface area (Å²) in [6.07, 6.45) is 6.92. The van der Waals surface area contributed by atoms with E-state index in [0.717, 1.165) is 16.9 Å². The summed E-state index contributed by atoms with van der Waals surface area (Å²) in [6, 6.07) is 2.44.